The summed E-state index contributed by atoms with van der Waals surface area (Å²) in [4.78, 5) is 12.9. The zero-order valence-corrected chi connectivity index (χ0v) is 14.0. The van der Waals surface area contributed by atoms with Crippen molar-refractivity contribution in [1.82, 2.24) is 0 Å². The summed E-state index contributed by atoms with van der Waals surface area (Å²) in [6.07, 6.45) is 3.33. The predicted molar refractivity (Wildman–Crippen MR) is 99.7 cm³/mol. The van der Waals surface area contributed by atoms with Crippen molar-refractivity contribution in [2.45, 2.75) is 6.92 Å². The maximum absolute atomic E-state index is 11.9. The molecule has 1 heterocycles. The normalized spacial score (nSPS) is 10.7. The summed E-state index contributed by atoms with van der Waals surface area (Å²) in [6.45, 7) is 2.02. The summed E-state index contributed by atoms with van der Waals surface area (Å²) >= 11 is 1.59. The van der Waals surface area contributed by atoms with E-state index in [0.717, 1.165) is 27.6 Å². The first-order valence-corrected chi connectivity index (χ1v) is 8.44. The maximum atomic E-state index is 11.9. The first-order chi connectivity index (χ1) is 11.7. The first-order valence-electron chi connectivity index (χ1n) is 7.56. The summed E-state index contributed by atoms with van der Waals surface area (Å²) in [5.41, 5.74) is 1.88. The van der Waals surface area contributed by atoms with Crippen LogP contribution in [0.15, 0.2) is 72.1 Å². The predicted octanol–water partition coefficient (Wildman–Crippen LogP) is 5.50. The van der Waals surface area contributed by atoms with E-state index in [0.29, 0.717) is 0 Å². The zero-order chi connectivity index (χ0) is 16.8. The number of hydrogen-bond donors (Lipinski definition) is 1. The number of hydrogen-bond acceptors (Lipinski definition) is 3. The minimum atomic E-state index is -0.157. The Kier molecular flexibility index (Phi) is 5.08. The van der Waals surface area contributed by atoms with Gasteiger partial charge < -0.3 is 10.1 Å². The van der Waals surface area contributed by atoms with Crippen LogP contribution in [0, 0.1) is 6.92 Å². The van der Waals surface area contributed by atoms with E-state index in [1.54, 1.807) is 17.4 Å². The summed E-state index contributed by atoms with van der Waals surface area (Å²) < 4.78 is 5.79. The van der Waals surface area contributed by atoms with E-state index in [2.05, 4.69) is 5.32 Å². The van der Waals surface area contributed by atoms with Crippen LogP contribution in [0.5, 0.6) is 11.5 Å². The number of amides is 1. The molecule has 24 heavy (non-hydrogen) atoms. The van der Waals surface area contributed by atoms with Gasteiger partial charge in [0.25, 0.3) is 0 Å². The van der Waals surface area contributed by atoms with Crippen LogP contribution in [0.2, 0.25) is 0 Å². The Morgan fingerprint density at radius 2 is 1.88 bits per heavy atom. The zero-order valence-electron chi connectivity index (χ0n) is 13.2. The van der Waals surface area contributed by atoms with E-state index in [1.807, 2.05) is 73.0 Å². The number of rotatable bonds is 5. The largest absolute Gasteiger partial charge is 0.457 e. The molecule has 3 aromatic rings. The minimum Gasteiger partial charge on any atom is -0.457 e. The Morgan fingerprint density at radius 1 is 1.04 bits per heavy atom. The third-order valence-electron chi connectivity index (χ3n) is 3.29. The molecule has 0 saturated heterocycles. The van der Waals surface area contributed by atoms with Gasteiger partial charge in [0.2, 0.25) is 5.91 Å². The fourth-order valence-electron chi connectivity index (χ4n) is 2.15. The van der Waals surface area contributed by atoms with Crippen LogP contribution < -0.4 is 10.1 Å². The average Bonchev–Trinajstić information content (AvgIpc) is 3.08. The van der Waals surface area contributed by atoms with Gasteiger partial charge in [-0.1, -0.05) is 18.2 Å². The molecule has 1 amide bonds. The molecule has 0 unspecified atom stereocenters. The van der Waals surface area contributed by atoms with Crippen LogP contribution >= 0.6 is 11.3 Å². The lowest BCUT2D eigenvalue weighted by atomic mass is 10.2. The number of thiophene rings is 1. The monoisotopic (exact) mass is 335 g/mol. The molecule has 3 nitrogen and oxygen atoms in total. The van der Waals surface area contributed by atoms with Gasteiger partial charge in [-0.2, -0.15) is 0 Å². The van der Waals surface area contributed by atoms with E-state index in [9.17, 15) is 4.79 Å². The lowest BCUT2D eigenvalue weighted by Gasteiger charge is -2.07. The van der Waals surface area contributed by atoms with Crippen LogP contribution in [-0.4, -0.2) is 5.91 Å². The van der Waals surface area contributed by atoms with Crippen LogP contribution in [0.1, 0.15) is 10.4 Å². The number of carbonyl (C=O) groups is 1. The van der Waals surface area contributed by atoms with Gasteiger partial charge in [0.15, 0.2) is 0 Å². The highest BCUT2D eigenvalue weighted by atomic mass is 32.1. The molecule has 2 aromatic carbocycles. The molecule has 3 rings (SSSR count). The van der Waals surface area contributed by atoms with Crippen molar-refractivity contribution in [3.63, 3.8) is 0 Å². The molecule has 0 atom stereocenters. The second-order valence-electron chi connectivity index (χ2n) is 5.28. The van der Waals surface area contributed by atoms with Crippen molar-refractivity contribution in [2.24, 2.45) is 0 Å². The Hall–Kier alpha value is -2.85. The number of aryl methyl sites for hydroxylation is 1. The molecule has 0 aliphatic carbocycles. The maximum Gasteiger partial charge on any atom is 0.248 e. The molecule has 0 radical (unpaired) electrons. The van der Waals surface area contributed by atoms with Gasteiger partial charge in [-0.3, -0.25) is 4.79 Å². The second kappa shape index (κ2) is 7.62. The number of anilines is 1. The molecule has 4 heteroatoms. The number of nitrogens with one attached hydrogen (secondary N) is 1. The molecule has 0 aliphatic heterocycles. The second-order valence-corrected chi connectivity index (χ2v) is 6.26. The fraction of sp³-hybridized carbons (Fsp3) is 0.0500. The molecule has 120 valence electrons. The van der Waals surface area contributed by atoms with Gasteiger partial charge in [0.1, 0.15) is 11.5 Å². The molecular formula is C20H17NO2S. The minimum absolute atomic E-state index is 0.157. The van der Waals surface area contributed by atoms with Crippen molar-refractivity contribution in [2.75, 3.05) is 5.32 Å². The third kappa shape index (κ3) is 4.57. The Labute approximate surface area is 145 Å². The quantitative estimate of drug-likeness (QED) is 0.625. The van der Waals surface area contributed by atoms with Gasteiger partial charge in [-0.15, -0.1) is 11.3 Å². The highest BCUT2D eigenvalue weighted by molar-refractivity contribution is 7.10. The lowest BCUT2D eigenvalue weighted by molar-refractivity contribution is -0.111. The van der Waals surface area contributed by atoms with E-state index in [1.165, 1.54) is 6.08 Å². The smallest absolute Gasteiger partial charge is 0.248 e. The molecule has 1 aromatic heterocycles. The van der Waals surface area contributed by atoms with Gasteiger partial charge in [-0.25, -0.2) is 0 Å². The Morgan fingerprint density at radius 3 is 2.58 bits per heavy atom. The van der Waals surface area contributed by atoms with Crippen LogP contribution in [0.3, 0.4) is 0 Å². The highest BCUT2D eigenvalue weighted by Crippen LogP contribution is 2.23. The van der Waals surface area contributed by atoms with Gasteiger partial charge in [0, 0.05) is 16.6 Å². The van der Waals surface area contributed by atoms with Crippen LogP contribution in [0.25, 0.3) is 6.08 Å². The van der Waals surface area contributed by atoms with Gasteiger partial charge in [-0.05, 0) is 66.4 Å². The topological polar surface area (TPSA) is 38.3 Å². The number of benzene rings is 2. The van der Waals surface area contributed by atoms with Crippen molar-refractivity contribution >= 4 is 29.0 Å². The first kappa shape index (κ1) is 16.0. The van der Waals surface area contributed by atoms with E-state index in [-0.39, 0.29) is 5.91 Å². The van der Waals surface area contributed by atoms with Crippen molar-refractivity contribution in [3.8, 4) is 11.5 Å². The molecular weight excluding hydrogens is 318 g/mol. The van der Waals surface area contributed by atoms with Crippen LogP contribution in [0.4, 0.5) is 5.69 Å². The highest BCUT2D eigenvalue weighted by Gasteiger charge is 2.01. The average molecular weight is 335 g/mol. The van der Waals surface area contributed by atoms with Crippen molar-refractivity contribution in [1.29, 1.82) is 0 Å². The Balaban J connectivity index is 1.59. The summed E-state index contributed by atoms with van der Waals surface area (Å²) in [6, 6.07) is 19.1. The van der Waals surface area contributed by atoms with E-state index < -0.39 is 0 Å². The van der Waals surface area contributed by atoms with Gasteiger partial charge >= 0.3 is 0 Å². The molecule has 0 bridgehead atoms. The van der Waals surface area contributed by atoms with Gasteiger partial charge in [0.05, 0.1) is 0 Å². The molecule has 0 saturated carbocycles. The summed E-state index contributed by atoms with van der Waals surface area (Å²) in [5.74, 6) is 1.37. The Bertz CT molecular complexity index is 836. The van der Waals surface area contributed by atoms with E-state index in [4.69, 9.17) is 4.74 Å². The fourth-order valence-corrected chi connectivity index (χ4v) is 2.77. The SMILES string of the molecule is Cc1cccc(Oc2ccc(NC(=O)/C=C/c3cccs3)cc2)c1. The standard InChI is InChI=1S/C20H17NO2S/c1-15-4-2-5-18(14-15)23-17-9-7-16(8-10-17)21-20(22)12-11-19-6-3-13-24-19/h2-14H,1H3,(H,21,22)/b12-11+. The number of carbonyl (C=O) groups excluding carboxylic acids is 1. The lowest BCUT2D eigenvalue weighted by Crippen LogP contribution is -2.07. The van der Waals surface area contributed by atoms with E-state index >= 15 is 0 Å². The number of ether oxygens (including phenoxy) is 1. The van der Waals surface area contributed by atoms with Crippen molar-refractivity contribution in [3.05, 3.63) is 82.6 Å². The third-order valence-corrected chi connectivity index (χ3v) is 4.13. The molecule has 0 aliphatic rings. The summed E-state index contributed by atoms with van der Waals surface area (Å²) in [5, 5.41) is 4.80. The van der Waals surface area contributed by atoms with Crippen LogP contribution in [-0.2, 0) is 4.79 Å². The molecule has 0 fully saturated rings. The molecule has 1 N–H and O–H groups in total. The molecule has 0 spiro atoms. The van der Waals surface area contributed by atoms with Crippen molar-refractivity contribution < 1.29 is 9.53 Å². The summed E-state index contributed by atoms with van der Waals surface area (Å²) in [7, 11) is 0.